The zero-order chi connectivity index (χ0) is 16.0. The van der Waals surface area contributed by atoms with Gasteiger partial charge in [0.05, 0.1) is 11.2 Å². The van der Waals surface area contributed by atoms with E-state index in [-0.39, 0.29) is 18.3 Å². The Morgan fingerprint density at radius 1 is 0.864 bits per heavy atom. The molecule has 2 aromatic rings. The van der Waals surface area contributed by atoms with Crippen LogP contribution in [0.1, 0.15) is 27.7 Å². The van der Waals surface area contributed by atoms with E-state index in [1.54, 1.807) is 12.3 Å². The molecule has 0 spiro atoms. The molecule has 0 unspecified atom stereocenters. The number of nitrogen functional groups attached to an aromatic ring is 1. The highest BCUT2D eigenvalue weighted by Crippen LogP contribution is 2.36. The summed E-state index contributed by atoms with van der Waals surface area (Å²) in [5.41, 5.74) is 8.12. The smallest absolute Gasteiger partial charge is 0.399 e. The summed E-state index contributed by atoms with van der Waals surface area (Å²) in [4.78, 5) is 4.12. The van der Waals surface area contributed by atoms with Gasteiger partial charge in [-0.1, -0.05) is 24.3 Å². The Morgan fingerprint density at radius 3 is 1.91 bits per heavy atom. The summed E-state index contributed by atoms with van der Waals surface area (Å²) >= 11 is 0. The predicted molar refractivity (Wildman–Crippen MR) is 89.8 cm³/mol. The van der Waals surface area contributed by atoms with Crippen molar-refractivity contribution in [2.24, 2.45) is 0 Å². The van der Waals surface area contributed by atoms with Crippen molar-refractivity contribution in [1.29, 1.82) is 0 Å². The molecule has 5 heteroatoms. The standard InChI is InChI=1S/C17H21BN2O2/c1-16(2)17(3,4)22-18(21-16)14-8-5-12(6-9-14)13-7-10-15(19)20-11-13/h5-11H,1-4H3,(H2,19,20). The van der Waals surface area contributed by atoms with Crippen molar-refractivity contribution in [2.45, 2.75) is 38.9 Å². The zero-order valence-corrected chi connectivity index (χ0v) is 13.5. The van der Waals surface area contributed by atoms with E-state index in [9.17, 15) is 0 Å². The summed E-state index contributed by atoms with van der Waals surface area (Å²) in [7, 11) is -0.330. The molecule has 0 amide bonds. The number of nitrogens with zero attached hydrogens (tertiary/aromatic N) is 1. The summed E-state index contributed by atoms with van der Waals surface area (Å²) in [5, 5.41) is 0. The van der Waals surface area contributed by atoms with Crippen molar-refractivity contribution >= 4 is 18.4 Å². The highest BCUT2D eigenvalue weighted by atomic mass is 16.7. The Labute approximate surface area is 131 Å². The van der Waals surface area contributed by atoms with Gasteiger partial charge in [0.2, 0.25) is 0 Å². The van der Waals surface area contributed by atoms with E-state index >= 15 is 0 Å². The van der Waals surface area contributed by atoms with Crippen LogP contribution in [0.2, 0.25) is 0 Å². The van der Waals surface area contributed by atoms with Gasteiger partial charge in [-0.25, -0.2) is 4.98 Å². The number of hydrogen-bond acceptors (Lipinski definition) is 4. The minimum atomic E-state index is -0.330. The SMILES string of the molecule is CC1(C)OB(c2ccc(-c3ccc(N)nc3)cc2)OC1(C)C. The Balaban J connectivity index is 1.82. The number of hydrogen-bond donors (Lipinski definition) is 1. The first kappa shape index (κ1) is 15.1. The molecule has 0 bridgehead atoms. The lowest BCUT2D eigenvalue weighted by Gasteiger charge is -2.32. The minimum Gasteiger partial charge on any atom is -0.399 e. The molecule has 22 heavy (non-hydrogen) atoms. The minimum absolute atomic E-state index is 0.322. The molecule has 1 saturated heterocycles. The van der Waals surface area contributed by atoms with E-state index in [1.807, 2.05) is 30.3 Å². The van der Waals surface area contributed by atoms with Crippen LogP contribution < -0.4 is 11.2 Å². The largest absolute Gasteiger partial charge is 0.494 e. The normalized spacial score (nSPS) is 19.4. The third-order valence-corrected chi connectivity index (χ3v) is 4.56. The lowest BCUT2D eigenvalue weighted by atomic mass is 9.78. The summed E-state index contributed by atoms with van der Waals surface area (Å²) in [6, 6.07) is 11.9. The monoisotopic (exact) mass is 296 g/mol. The second kappa shape index (κ2) is 5.11. The molecule has 1 aliphatic heterocycles. The van der Waals surface area contributed by atoms with Gasteiger partial charge in [-0.15, -0.1) is 0 Å². The van der Waals surface area contributed by atoms with Gasteiger partial charge in [-0.05, 0) is 50.9 Å². The molecule has 114 valence electrons. The van der Waals surface area contributed by atoms with Gasteiger partial charge in [0.15, 0.2) is 0 Å². The first-order valence-electron chi connectivity index (χ1n) is 7.46. The average Bonchev–Trinajstić information content (AvgIpc) is 2.68. The molecular weight excluding hydrogens is 275 g/mol. The zero-order valence-electron chi connectivity index (χ0n) is 13.5. The second-order valence-corrected chi connectivity index (χ2v) is 6.68. The van der Waals surface area contributed by atoms with E-state index in [2.05, 4.69) is 32.7 Å². The van der Waals surface area contributed by atoms with Crippen molar-refractivity contribution in [2.75, 3.05) is 5.73 Å². The van der Waals surface area contributed by atoms with Crippen LogP contribution in [0.3, 0.4) is 0 Å². The molecular formula is C17H21BN2O2. The van der Waals surface area contributed by atoms with Crippen LogP contribution in [0.4, 0.5) is 5.82 Å². The third kappa shape index (κ3) is 2.62. The highest BCUT2D eigenvalue weighted by molar-refractivity contribution is 6.62. The maximum Gasteiger partial charge on any atom is 0.494 e. The van der Waals surface area contributed by atoms with Crippen molar-refractivity contribution in [3.8, 4) is 11.1 Å². The van der Waals surface area contributed by atoms with E-state index in [1.165, 1.54) is 0 Å². The van der Waals surface area contributed by atoms with Gasteiger partial charge in [0.25, 0.3) is 0 Å². The molecule has 0 radical (unpaired) electrons. The molecule has 1 fully saturated rings. The molecule has 0 atom stereocenters. The number of pyridine rings is 1. The summed E-state index contributed by atoms with van der Waals surface area (Å²) in [6.45, 7) is 8.23. The van der Waals surface area contributed by atoms with E-state index in [4.69, 9.17) is 15.0 Å². The Morgan fingerprint density at radius 2 is 1.41 bits per heavy atom. The molecule has 1 aromatic carbocycles. The van der Waals surface area contributed by atoms with Crippen LogP contribution in [0.5, 0.6) is 0 Å². The lowest BCUT2D eigenvalue weighted by Crippen LogP contribution is -2.41. The van der Waals surface area contributed by atoms with E-state index in [0.29, 0.717) is 5.82 Å². The molecule has 2 N–H and O–H groups in total. The van der Waals surface area contributed by atoms with Gasteiger partial charge in [0.1, 0.15) is 5.82 Å². The Hall–Kier alpha value is -1.85. The van der Waals surface area contributed by atoms with Crippen LogP contribution in [0.25, 0.3) is 11.1 Å². The molecule has 3 rings (SSSR count). The first-order valence-corrected chi connectivity index (χ1v) is 7.46. The molecule has 2 heterocycles. The van der Waals surface area contributed by atoms with Crippen LogP contribution in [-0.4, -0.2) is 23.3 Å². The fraction of sp³-hybridized carbons (Fsp3) is 0.353. The van der Waals surface area contributed by atoms with E-state index in [0.717, 1.165) is 16.6 Å². The molecule has 0 aliphatic carbocycles. The van der Waals surface area contributed by atoms with Gasteiger partial charge >= 0.3 is 7.12 Å². The Kier molecular flexibility index (Phi) is 3.50. The maximum atomic E-state index is 6.06. The highest BCUT2D eigenvalue weighted by Gasteiger charge is 2.51. The summed E-state index contributed by atoms with van der Waals surface area (Å²) in [6.07, 6.45) is 1.78. The van der Waals surface area contributed by atoms with Gasteiger partial charge in [-0.3, -0.25) is 0 Å². The van der Waals surface area contributed by atoms with Crippen molar-refractivity contribution < 1.29 is 9.31 Å². The van der Waals surface area contributed by atoms with Crippen molar-refractivity contribution in [1.82, 2.24) is 4.98 Å². The summed E-state index contributed by atoms with van der Waals surface area (Å²) < 4.78 is 12.1. The lowest BCUT2D eigenvalue weighted by molar-refractivity contribution is 0.00578. The summed E-state index contributed by atoms with van der Waals surface area (Å²) in [5.74, 6) is 0.526. The third-order valence-electron chi connectivity index (χ3n) is 4.56. The van der Waals surface area contributed by atoms with Crippen molar-refractivity contribution in [3.63, 3.8) is 0 Å². The molecule has 0 saturated carbocycles. The van der Waals surface area contributed by atoms with Crippen molar-refractivity contribution in [3.05, 3.63) is 42.6 Å². The van der Waals surface area contributed by atoms with Gasteiger partial charge in [0, 0.05) is 11.8 Å². The number of rotatable bonds is 2. The quantitative estimate of drug-likeness (QED) is 0.866. The maximum absolute atomic E-state index is 6.06. The fourth-order valence-corrected chi connectivity index (χ4v) is 2.39. The molecule has 4 nitrogen and oxygen atoms in total. The van der Waals surface area contributed by atoms with Crippen LogP contribution >= 0.6 is 0 Å². The first-order chi connectivity index (χ1) is 10.3. The fourth-order valence-electron chi connectivity index (χ4n) is 2.39. The average molecular weight is 296 g/mol. The number of nitrogens with two attached hydrogens (primary N) is 1. The van der Waals surface area contributed by atoms with E-state index < -0.39 is 0 Å². The molecule has 1 aliphatic rings. The van der Waals surface area contributed by atoms with Crippen LogP contribution in [-0.2, 0) is 9.31 Å². The second-order valence-electron chi connectivity index (χ2n) is 6.68. The number of benzene rings is 1. The predicted octanol–water partition coefficient (Wildman–Crippen LogP) is 2.63. The Bertz CT molecular complexity index is 650. The number of aromatic nitrogens is 1. The number of anilines is 1. The van der Waals surface area contributed by atoms with Gasteiger partial charge < -0.3 is 15.0 Å². The van der Waals surface area contributed by atoms with Gasteiger partial charge in [-0.2, -0.15) is 0 Å². The van der Waals surface area contributed by atoms with Crippen LogP contribution in [0, 0.1) is 0 Å². The molecule has 1 aromatic heterocycles. The topological polar surface area (TPSA) is 57.4 Å². The van der Waals surface area contributed by atoms with Crippen LogP contribution in [0.15, 0.2) is 42.6 Å².